The van der Waals surface area contributed by atoms with Gasteiger partial charge in [-0.3, -0.25) is 4.90 Å². The summed E-state index contributed by atoms with van der Waals surface area (Å²) in [5.74, 6) is 0.912. The van der Waals surface area contributed by atoms with Crippen molar-refractivity contribution in [2.75, 3.05) is 26.2 Å². The highest BCUT2D eigenvalue weighted by Gasteiger charge is 2.32. The second-order valence-corrected chi connectivity index (χ2v) is 6.39. The molecule has 20 heavy (non-hydrogen) atoms. The summed E-state index contributed by atoms with van der Waals surface area (Å²) in [6.07, 6.45) is 5.32. The Morgan fingerprint density at radius 3 is 2.55 bits per heavy atom. The molecule has 1 aromatic rings. The lowest BCUT2D eigenvalue weighted by Crippen LogP contribution is -2.46. The molecule has 0 radical (unpaired) electrons. The van der Waals surface area contributed by atoms with Crippen LogP contribution in [-0.2, 0) is 0 Å². The fourth-order valence-electron chi connectivity index (χ4n) is 3.72. The van der Waals surface area contributed by atoms with E-state index < -0.39 is 0 Å². The van der Waals surface area contributed by atoms with E-state index >= 15 is 0 Å². The zero-order chi connectivity index (χ0) is 13.9. The van der Waals surface area contributed by atoms with Crippen LogP contribution in [0.3, 0.4) is 0 Å². The topological polar surface area (TPSA) is 35.5 Å². The van der Waals surface area contributed by atoms with Crippen molar-refractivity contribution in [2.45, 2.75) is 31.7 Å². The van der Waals surface area contributed by atoms with Crippen molar-refractivity contribution < 1.29 is 5.11 Å². The lowest BCUT2D eigenvalue weighted by Gasteiger charge is -2.38. The number of phenols is 1. The Bertz CT molecular complexity index is 454. The summed E-state index contributed by atoms with van der Waals surface area (Å²) in [7, 11) is 0. The van der Waals surface area contributed by atoms with E-state index in [1.807, 2.05) is 12.1 Å². The molecule has 110 valence electrons. The number of phenolic OH excluding ortho intramolecular Hbond substituents is 1. The van der Waals surface area contributed by atoms with Gasteiger partial charge in [0.2, 0.25) is 0 Å². The molecule has 1 atom stereocenters. The molecule has 2 N–H and O–H groups in total. The molecule has 1 saturated heterocycles. The number of benzene rings is 1. The second kappa shape index (κ2) is 6.33. The maximum absolute atomic E-state index is 9.65. The van der Waals surface area contributed by atoms with E-state index in [4.69, 9.17) is 11.6 Å². The first-order valence-electron chi connectivity index (χ1n) is 7.69. The van der Waals surface area contributed by atoms with E-state index in [2.05, 4.69) is 10.2 Å². The van der Waals surface area contributed by atoms with Crippen molar-refractivity contribution in [3.63, 3.8) is 0 Å². The number of halogens is 1. The molecule has 3 rings (SSSR count). The largest absolute Gasteiger partial charge is 0.506 e. The Labute approximate surface area is 125 Å². The smallest absolute Gasteiger partial charge is 0.134 e. The lowest BCUT2D eigenvalue weighted by molar-refractivity contribution is 0.125. The van der Waals surface area contributed by atoms with Crippen LogP contribution >= 0.6 is 11.6 Å². The Kier molecular flexibility index (Phi) is 4.49. The summed E-state index contributed by atoms with van der Waals surface area (Å²) in [5, 5.41) is 13.5. The number of rotatable bonds is 3. The molecule has 0 amide bonds. The summed E-state index contributed by atoms with van der Waals surface area (Å²) < 4.78 is 0. The van der Waals surface area contributed by atoms with Crippen molar-refractivity contribution in [3.05, 3.63) is 28.8 Å². The van der Waals surface area contributed by atoms with E-state index in [0.717, 1.165) is 32.1 Å². The SMILES string of the molecule is Oc1ccc([C@H](C2CCCC2)N2CCNCC2)cc1Cl. The predicted octanol–water partition coefficient (Wildman–Crippen LogP) is 3.18. The van der Waals surface area contributed by atoms with Gasteiger partial charge < -0.3 is 10.4 Å². The van der Waals surface area contributed by atoms with E-state index in [0.29, 0.717) is 11.1 Å². The van der Waals surface area contributed by atoms with Crippen molar-refractivity contribution in [3.8, 4) is 5.75 Å². The van der Waals surface area contributed by atoms with Gasteiger partial charge in [0, 0.05) is 32.2 Å². The van der Waals surface area contributed by atoms with Gasteiger partial charge in [-0.25, -0.2) is 0 Å². The Morgan fingerprint density at radius 1 is 1.20 bits per heavy atom. The van der Waals surface area contributed by atoms with Crippen LogP contribution in [0.15, 0.2) is 18.2 Å². The molecule has 1 aliphatic carbocycles. The van der Waals surface area contributed by atoms with Gasteiger partial charge in [0.05, 0.1) is 5.02 Å². The molecule has 4 heteroatoms. The number of hydrogen-bond donors (Lipinski definition) is 2. The zero-order valence-corrected chi connectivity index (χ0v) is 12.6. The molecule has 0 aromatic heterocycles. The average molecular weight is 295 g/mol. The van der Waals surface area contributed by atoms with Gasteiger partial charge in [0.25, 0.3) is 0 Å². The highest BCUT2D eigenvalue weighted by atomic mass is 35.5. The molecule has 2 fully saturated rings. The van der Waals surface area contributed by atoms with E-state index in [-0.39, 0.29) is 5.75 Å². The minimum Gasteiger partial charge on any atom is -0.506 e. The second-order valence-electron chi connectivity index (χ2n) is 5.99. The Hall–Kier alpha value is -0.770. The van der Waals surface area contributed by atoms with Gasteiger partial charge in [-0.15, -0.1) is 0 Å². The molecule has 1 heterocycles. The maximum Gasteiger partial charge on any atom is 0.134 e. The molecule has 1 saturated carbocycles. The van der Waals surface area contributed by atoms with Crippen LogP contribution in [0, 0.1) is 5.92 Å². The molecular weight excluding hydrogens is 272 g/mol. The first kappa shape index (κ1) is 14.2. The van der Waals surface area contributed by atoms with E-state index in [1.54, 1.807) is 6.07 Å². The molecule has 3 nitrogen and oxygen atoms in total. The number of aromatic hydroxyl groups is 1. The summed E-state index contributed by atoms with van der Waals surface area (Å²) in [4.78, 5) is 2.59. The number of hydrogen-bond acceptors (Lipinski definition) is 3. The Morgan fingerprint density at radius 2 is 1.90 bits per heavy atom. The van der Waals surface area contributed by atoms with Crippen LogP contribution < -0.4 is 5.32 Å². The first-order valence-corrected chi connectivity index (χ1v) is 8.06. The summed E-state index contributed by atoms with van der Waals surface area (Å²) in [6, 6.07) is 6.20. The van der Waals surface area contributed by atoms with Crippen LogP contribution in [0.2, 0.25) is 5.02 Å². The monoisotopic (exact) mass is 294 g/mol. The molecule has 1 aromatic carbocycles. The van der Waals surface area contributed by atoms with E-state index in [1.165, 1.54) is 31.2 Å². The van der Waals surface area contributed by atoms with Gasteiger partial charge in [0.1, 0.15) is 5.75 Å². The molecular formula is C16H23ClN2O. The van der Waals surface area contributed by atoms with Crippen LogP contribution in [0.4, 0.5) is 0 Å². The minimum atomic E-state index is 0.181. The molecule has 0 spiro atoms. The van der Waals surface area contributed by atoms with Gasteiger partial charge in [-0.05, 0) is 36.5 Å². The summed E-state index contributed by atoms with van der Waals surface area (Å²) in [5.41, 5.74) is 1.27. The van der Waals surface area contributed by atoms with Crippen molar-refractivity contribution in [2.24, 2.45) is 5.92 Å². The lowest BCUT2D eigenvalue weighted by atomic mass is 9.89. The highest BCUT2D eigenvalue weighted by molar-refractivity contribution is 6.32. The van der Waals surface area contributed by atoms with Crippen LogP contribution in [0.25, 0.3) is 0 Å². The van der Waals surface area contributed by atoms with Crippen LogP contribution in [-0.4, -0.2) is 36.2 Å². The standard InChI is InChI=1S/C16H23ClN2O/c17-14-11-13(5-6-15(14)20)16(12-3-1-2-4-12)19-9-7-18-8-10-19/h5-6,11-12,16,18,20H,1-4,7-10H2/t16-/m0/s1. The molecule has 0 unspecified atom stereocenters. The van der Waals surface area contributed by atoms with Crippen LogP contribution in [0.5, 0.6) is 5.75 Å². The fourth-order valence-corrected chi connectivity index (χ4v) is 3.91. The van der Waals surface area contributed by atoms with Crippen molar-refractivity contribution in [1.29, 1.82) is 0 Å². The predicted molar refractivity (Wildman–Crippen MR) is 82.3 cm³/mol. The molecule has 2 aliphatic rings. The third-order valence-electron chi connectivity index (χ3n) is 4.70. The third kappa shape index (κ3) is 2.95. The fraction of sp³-hybridized carbons (Fsp3) is 0.625. The average Bonchev–Trinajstić information content (AvgIpc) is 2.98. The van der Waals surface area contributed by atoms with Gasteiger partial charge in [0.15, 0.2) is 0 Å². The highest BCUT2D eigenvalue weighted by Crippen LogP contribution is 2.41. The van der Waals surface area contributed by atoms with Crippen molar-refractivity contribution >= 4 is 11.6 Å². The quantitative estimate of drug-likeness (QED) is 0.899. The van der Waals surface area contributed by atoms with Crippen LogP contribution in [0.1, 0.15) is 37.3 Å². The van der Waals surface area contributed by atoms with Gasteiger partial charge in [-0.2, -0.15) is 0 Å². The molecule has 1 aliphatic heterocycles. The van der Waals surface area contributed by atoms with Crippen molar-refractivity contribution in [1.82, 2.24) is 10.2 Å². The molecule has 0 bridgehead atoms. The first-order chi connectivity index (χ1) is 9.75. The maximum atomic E-state index is 9.65. The Balaban J connectivity index is 1.88. The third-order valence-corrected chi connectivity index (χ3v) is 5.01. The summed E-state index contributed by atoms with van der Waals surface area (Å²) in [6.45, 7) is 4.32. The summed E-state index contributed by atoms with van der Waals surface area (Å²) >= 11 is 6.12. The normalized spacial score (nSPS) is 23.1. The van der Waals surface area contributed by atoms with Gasteiger partial charge >= 0.3 is 0 Å². The number of nitrogens with zero attached hydrogens (tertiary/aromatic N) is 1. The number of piperazine rings is 1. The van der Waals surface area contributed by atoms with Gasteiger partial charge in [-0.1, -0.05) is 30.5 Å². The number of nitrogens with one attached hydrogen (secondary N) is 1. The van der Waals surface area contributed by atoms with E-state index in [9.17, 15) is 5.11 Å². The zero-order valence-electron chi connectivity index (χ0n) is 11.8. The minimum absolute atomic E-state index is 0.181.